The molecule has 152 valence electrons. The summed E-state index contributed by atoms with van der Waals surface area (Å²) in [4.78, 5) is 27.2. The number of amides is 1. The molecular weight excluding hydrogens is 369 g/mol. The van der Waals surface area contributed by atoms with Gasteiger partial charge >= 0.3 is 6.18 Å². The number of phenolic OH excluding ortho intramolecular Hbond substituents is 1. The van der Waals surface area contributed by atoms with Crippen LogP contribution in [0.4, 0.5) is 18.9 Å². The molecular formula is C17H24F3N2O5+. The lowest BCUT2D eigenvalue weighted by Crippen LogP contribution is -2.76. The van der Waals surface area contributed by atoms with Crippen LogP contribution in [0, 0.1) is 0 Å². The average molecular weight is 393 g/mol. The smallest absolute Gasteiger partial charge is 0.417 e. The van der Waals surface area contributed by atoms with Gasteiger partial charge in [0.2, 0.25) is 11.4 Å². The number of benzene rings is 1. The van der Waals surface area contributed by atoms with E-state index >= 15 is 0 Å². The van der Waals surface area contributed by atoms with Crippen LogP contribution in [0.2, 0.25) is 0 Å². The fourth-order valence-corrected chi connectivity index (χ4v) is 2.73. The Balaban J connectivity index is 0.00000176. The Morgan fingerprint density at radius 3 is 2.37 bits per heavy atom. The molecule has 10 heteroatoms. The van der Waals surface area contributed by atoms with Gasteiger partial charge in [0.1, 0.15) is 12.4 Å². The number of carbonyl (C=O) groups excluding carboxylic acids is 2. The fourth-order valence-electron chi connectivity index (χ4n) is 2.73. The average Bonchev–Trinajstić information content (AvgIpc) is 3.46. The Hall–Kier alpha value is -2.33. The number of nitrogens with zero attached hydrogens (tertiary/aromatic N) is 1. The van der Waals surface area contributed by atoms with Crippen molar-refractivity contribution in [2.75, 3.05) is 20.8 Å². The highest BCUT2D eigenvalue weighted by molar-refractivity contribution is 6.01. The topological polar surface area (TPSA) is 92.7 Å². The Bertz CT molecular complexity index is 663. The van der Waals surface area contributed by atoms with Crippen molar-refractivity contribution in [3.05, 3.63) is 17.2 Å². The normalized spacial score (nSPS) is 13.6. The largest absolute Gasteiger partial charge is 0.500 e. The molecule has 0 aromatic heterocycles. The number of phenols is 1. The van der Waals surface area contributed by atoms with Crippen molar-refractivity contribution in [1.29, 1.82) is 0 Å². The lowest BCUT2D eigenvalue weighted by molar-refractivity contribution is -0.830. The first-order valence-corrected chi connectivity index (χ1v) is 8.23. The molecule has 0 bridgehead atoms. The van der Waals surface area contributed by atoms with Crippen molar-refractivity contribution in [1.82, 2.24) is 4.90 Å². The molecule has 7 nitrogen and oxygen atoms in total. The van der Waals surface area contributed by atoms with Gasteiger partial charge in [0.05, 0.1) is 19.8 Å². The summed E-state index contributed by atoms with van der Waals surface area (Å²) >= 11 is 0. The molecule has 0 unspecified atom stereocenters. The maximum absolute atomic E-state index is 13.6. The minimum absolute atomic E-state index is 0.0619. The SMILES string of the molecule is C=O.CCCN(C(=O)c1c(C(F)(F)F)cc(OC)c(O)c1[NH2+]OC)C1CC1. The maximum atomic E-state index is 13.6. The number of carbonyl (C=O) groups is 2. The van der Waals surface area contributed by atoms with E-state index in [-0.39, 0.29) is 17.5 Å². The van der Waals surface area contributed by atoms with E-state index in [0.29, 0.717) is 19.0 Å². The standard InChI is InChI=1S/C16H21F3N2O4.CH2O/c1-4-7-21(9-5-6-9)15(23)12-10(16(17,18)19)8-11(24-2)14(22)13(12)20-25-3;1-2/h8-9,20,22H,4-7H2,1-3H3;1H2/p+1. The van der Waals surface area contributed by atoms with Crippen molar-refractivity contribution >= 4 is 18.4 Å². The van der Waals surface area contributed by atoms with Crippen LogP contribution >= 0.6 is 0 Å². The molecule has 0 aliphatic heterocycles. The first-order valence-electron chi connectivity index (χ1n) is 8.23. The van der Waals surface area contributed by atoms with Gasteiger partial charge in [-0.05, 0) is 25.3 Å². The van der Waals surface area contributed by atoms with Crippen LogP contribution in [0.5, 0.6) is 11.5 Å². The van der Waals surface area contributed by atoms with Gasteiger partial charge in [0.25, 0.3) is 5.91 Å². The van der Waals surface area contributed by atoms with Crippen LogP contribution in [0.15, 0.2) is 6.07 Å². The highest BCUT2D eigenvalue weighted by atomic mass is 19.4. The highest BCUT2D eigenvalue weighted by Crippen LogP contribution is 2.44. The summed E-state index contributed by atoms with van der Waals surface area (Å²) in [5.41, 5.74) is -1.18. The Morgan fingerprint density at radius 2 is 1.96 bits per heavy atom. The van der Waals surface area contributed by atoms with E-state index in [1.165, 1.54) is 12.0 Å². The maximum Gasteiger partial charge on any atom is 0.417 e. The van der Waals surface area contributed by atoms with Gasteiger partial charge < -0.3 is 19.5 Å². The van der Waals surface area contributed by atoms with Gasteiger partial charge in [-0.3, -0.25) is 4.79 Å². The molecule has 0 radical (unpaired) electrons. The molecule has 3 N–H and O–H groups in total. The van der Waals surface area contributed by atoms with Crippen LogP contribution in [-0.4, -0.2) is 49.5 Å². The molecule has 1 fully saturated rings. The minimum atomic E-state index is -4.79. The molecule has 0 atom stereocenters. The van der Waals surface area contributed by atoms with Crippen molar-refractivity contribution < 1.29 is 42.9 Å². The predicted molar refractivity (Wildman–Crippen MR) is 89.7 cm³/mol. The lowest BCUT2D eigenvalue weighted by Gasteiger charge is -2.25. The first-order chi connectivity index (χ1) is 12.8. The predicted octanol–water partition coefficient (Wildman–Crippen LogP) is 2.01. The van der Waals surface area contributed by atoms with Gasteiger partial charge in [-0.25, -0.2) is 4.84 Å². The van der Waals surface area contributed by atoms with Crippen molar-refractivity contribution in [2.45, 2.75) is 38.4 Å². The zero-order valence-electron chi connectivity index (χ0n) is 15.4. The van der Waals surface area contributed by atoms with Gasteiger partial charge in [-0.15, -0.1) is 0 Å². The first kappa shape index (κ1) is 22.7. The number of ether oxygens (including phenoxy) is 1. The van der Waals surface area contributed by atoms with E-state index in [9.17, 15) is 23.1 Å². The van der Waals surface area contributed by atoms with E-state index in [2.05, 4.69) is 0 Å². The fraction of sp³-hybridized carbons (Fsp3) is 0.529. The number of aromatic hydroxyl groups is 1. The molecule has 1 aliphatic carbocycles. The van der Waals surface area contributed by atoms with Crippen molar-refractivity contribution in [3.63, 3.8) is 0 Å². The zero-order chi connectivity index (χ0) is 20.8. The summed E-state index contributed by atoms with van der Waals surface area (Å²) in [5.74, 6) is -1.70. The second kappa shape index (κ2) is 9.56. The summed E-state index contributed by atoms with van der Waals surface area (Å²) in [6, 6.07) is 0.584. The Kier molecular flexibility index (Phi) is 8.04. The van der Waals surface area contributed by atoms with Crippen LogP contribution in [0.25, 0.3) is 0 Å². The molecule has 1 amide bonds. The molecule has 1 saturated carbocycles. The number of halogens is 3. The van der Waals surface area contributed by atoms with Gasteiger partial charge in [0, 0.05) is 12.6 Å². The summed E-state index contributed by atoms with van der Waals surface area (Å²) in [6.07, 6.45) is -2.64. The molecule has 1 aromatic rings. The molecule has 2 rings (SSSR count). The van der Waals surface area contributed by atoms with Crippen LogP contribution in [0.1, 0.15) is 42.1 Å². The summed E-state index contributed by atoms with van der Waals surface area (Å²) < 4.78 is 45.6. The van der Waals surface area contributed by atoms with Crippen molar-refractivity contribution in [2.24, 2.45) is 0 Å². The van der Waals surface area contributed by atoms with Gasteiger partial charge in [-0.2, -0.15) is 18.7 Å². The third kappa shape index (κ3) is 5.10. The number of methoxy groups -OCH3 is 1. The third-order valence-corrected chi connectivity index (χ3v) is 3.99. The number of alkyl halides is 3. The summed E-state index contributed by atoms with van der Waals surface area (Å²) in [5, 5.41) is 10.2. The zero-order valence-corrected chi connectivity index (χ0v) is 15.4. The summed E-state index contributed by atoms with van der Waals surface area (Å²) in [6.45, 7) is 4.20. The molecule has 0 heterocycles. The van der Waals surface area contributed by atoms with Gasteiger partial charge in [-0.1, -0.05) is 6.92 Å². The number of hydrogen-bond acceptors (Lipinski definition) is 5. The minimum Gasteiger partial charge on any atom is -0.500 e. The number of hydrogen-bond donors (Lipinski definition) is 2. The quantitative estimate of drug-likeness (QED) is 0.420. The van der Waals surface area contributed by atoms with E-state index in [1.807, 2.05) is 13.7 Å². The van der Waals surface area contributed by atoms with Crippen LogP contribution in [0.3, 0.4) is 0 Å². The van der Waals surface area contributed by atoms with Crippen LogP contribution < -0.4 is 10.2 Å². The number of rotatable bonds is 7. The van der Waals surface area contributed by atoms with Gasteiger partial charge in [0.15, 0.2) is 5.75 Å². The summed E-state index contributed by atoms with van der Waals surface area (Å²) in [7, 11) is 2.37. The number of nitrogens with two attached hydrogens (primary N) is 1. The molecule has 1 aromatic carbocycles. The van der Waals surface area contributed by atoms with Crippen LogP contribution in [-0.2, 0) is 15.8 Å². The number of quaternary nitrogens is 1. The lowest BCUT2D eigenvalue weighted by atomic mass is 10.0. The van der Waals surface area contributed by atoms with E-state index < -0.39 is 29.0 Å². The van der Waals surface area contributed by atoms with E-state index in [4.69, 9.17) is 14.4 Å². The Labute approximate surface area is 155 Å². The molecule has 0 saturated heterocycles. The second-order valence-electron chi connectivity index (χ2n) is 5.84. The molecule has 27 heavy (non-hydrogen) atoms. The second-order valence-corrected chi connectivity index (χ2v) is 5.84. The highest BCUT2D eigenvalue weighted by Gasteiger charge is 2.44. The third-order valence-electron chi connectivity index (χ3n) is 3.99. The monoisotopic (exact) mass is 393 g/mol. The Morgan fingerprint density at radius 1 is 1.37 bits per heavy atom. The van der Waals surface area contributed by atoms with Crippen molar-refractivity contribution in [3.8, 4) is 11.5 Å². The van der Waals surface area contributed by atoms with E-state index in [0.717, 1.165) is 25.4 Å². The molecule has 1 aliphatic rings. The molecule has 0 spiro atoms. The van der Waals surface area contributed by atoms with E-state index in [1.54, 1.807) is 0 Å².